The van der Waals surface area contributed by atoms with E-state index >= 15 is 0 Å². The molecule has 1 saturated carbocycles. The average molecular weight is 274 g/mol. The van der Waals surface area contributed by atoms with Gasteiger partial charge in [-0.25, -0.2) is 9.78 Å². The number of nitrogens with one attached hydrogen (secondary N) is 1. The summed E-state index contributed by atoms with van der Waals surface area (Å²) < 4.78 is 0. The molecule has 4 heteroatoms. The highest BCUT2D eigenvalue weighted by molar-refractivity contribution is 5.93. The summed E-state index contributed by atoms with van der Waals surface area (Å²) in [6, 6.07) is 1.82. The molecule has 108 valence electrons. The van der Waals surface area contributed by atoms with Gasteiger partial charge in [-0.15, -0.1) is 0 Å². The van der Waals surface area contributed by atoms with Gasteiger partial charge in [-0.1, -0.05) is 13.8 Å². The van der Waals surface area contributed by atoms with Crippen molar-refractivity contribution in [1.82, 2.24) is 4.98 Å². The van der Waals surface area contributed by atoms with E-state index < -0.39 is 5.97 Å². The maximum Gasteiger partial charge on any atom is 0.339 e. The first-order valence-electron chi connectivity index (χ1n) is 7.47. The Morgan fingerprint density at radius 2 is 2.15 bits per heavy atom. The first-order chi connectivity index (χ1) is 9.47. The minimum absolute atomic E-state index is 0.323. The fourth-order valence-electron chi connectivity index (χ4n) is 3.08. The molecule has 0 amide bonds. The molecule has 0 saturated heterocycles. The third kappa shape index (κ3) is 2.51. The molecule has 0 radical (unpaired) electrons. The van der Waals surface area contributed by atoms with Gasteiger partial charge in [0.25, 0.3) is 0 Å². The van der Waals surface area contributed by atoms with Gasteiger partial charge < -0.3 is 10.4 Å². The van der Waals surface area contributed by atoms with Gasteiger partial charge in [0.2, 0.25) is 0 Å². The van der Waals surface area contributed by atoms with Crippen LogP contribution in [0.25, 0.3) is 0 Å². The minimum Gasteiger partial charge on any atom is -0.478 e. The second-order valence-electron chi connectivity index (χ2n) is 6.77. The number of carbonyl (C=O) groups is 1. The molecule has 0 aromatic carbocycles. The van der Waals surface area contributed by atoms with Crippen LogP contribution >= 0.6 is 0 Å². The van der Waals surface area contributed by atoms with Crippen LogP contribution in [0, 0.1) is 11.3 Å². The molecule has 20 heavy (non-hydrogen) atoms. The number of carboxylic acids is 1. The number of hydrogen-bond acceptors (Lipinski definition) is 3. The summed E-state index contributed by atoms with van der Waals surface area (Å²) in [7, 11) is 0. The van der Waals surface area contributed by atoms with E-state index in [0.717, 1.165) is 43.5 Å². The molecular weight excluding hydrogens is 252 g/mol. The molecule has 0 bridgehead atoms. The molecule has 2 aliphatic carbocycles. The van der Waals surface area contributed by atoms with Crippen LogP contribution in [0.1, 0.15) is 54.7 Å². The van der Waals surface area contributed by atoms with Crippen LogP contribution < -0.4 is 5.32 Å². The van der Waals surface area contributed by atoms with Gasteiger partial charge in [-0.2, -0.15) is 0 Å². The second-order valence-corrected chi connectivity index (χ2v) is 6.77. The number of fused-ring (bicyclic) bond motifs is 1. The summed E-state index contributed by atoms with van der Waals surface area (Å²) >= 11 is 0. The fraction of sp³-hybridized carbons (Fsp3) is 0.625. The summed E-state index contributed by atoms with van der Waals surface area (Å²) in [5.41, 5.74) is 2.92. The molecule has 4 nitrogen and oxygen atoms in total. The Labute approximate surface area is 119 Å². The lowest BCUT2D eigenvalue weighted by Crippen LogP contribution is -2.16. The summed E-state index contributed by atoms with van der Waals surface area (Å²) in [6.45, 7) is 5.31. The Morgan fingerprint density at radius 3 is 2.80 bits per heavy atom. The summed E-state index contributed by atoms with van der Waals surface area (Å²) in [4.78, 5) is 16.0. The lowest BCUT2D eigenvalue weighted by Gasteiger charge is -2.18. The maximum absolute atomic E-state index is 11.4. The quantitative estimate of drug-likeness (QED) is 0.885. The topological polar surface area (TPSA) is 62.2 Å². The first kappa shape index (κ1) is 13.4. The predicted octanol–water partition coefficient (Wildman–Crippen LogP) is 3.12. The van der Waals surface area contributed by atoms with Crippen LogP contribution in [-0.4, -0.2) is 22.6 Å². The van der Waals surface area contributed by atoms with Crippen molar-refractivity contribution < 1.29 is 9.90 Å². The molecular formula is C16H22N2O2. The number of aryl methyl sites for hydroxylation is 2. The van der Waals surface area contributed by atoms with Gasteiger partial charge in [0.1, 0.15) is 11.4 Å². The largest absolute Gasteiger partial charge is 0.478 e. The summed E-state index contributed by atoms with van der Waals surface area (Å²) in [6.07, 6.45) is 5.42. The van der Waals surface area contributed by atoms with Crippen LogP contribution in [-0.2, 0) is 12.8 Å². The standard InChI is InChI=1S/C16H22N2O2/c1-16(2)8-11(16)9-17-14-12(15(19)20)7-10-5-3-4-6-13(10)18-14/h7,11H,3-6,8-9H2,1-2H3,(H,17,18)(H,19,20). The van der Waals surface area contributed by atoms with Crippen molar-refractivity contribution in [1.29, 1.82) is 0 Å². The van der Waals surface area contributed by atoms with Gasteiger partial charge in [0.15, 0.2) is 0 Å². The van der Waals surface area contributed by atoms with Crippen molar-refractivity contribution in [3.63, 3.8) is 0 Å². The monoisotopic (exact) mass is 274 g/mol. The van der Waals surface area contributed by atoms with Crippen LogP contribution in [0.15, 0.2) is 6.07 Å². The average Bonchev–Trinajstić information content (AvgIpc) is 3.02. The molecule has 0 aliphatic heterocycles. The Balaban J connectivity index is 1.82. The van der Waals surface area contributed by atoms with Crippen molar-refractivity contribution in [2.75, 3.05) is 11.9 Å². The van der Waals surface area contributed by atoms with Crippen LogP contribution in [0.4, 0.5) is 5.82 Å². The number of rotatable bonds is 4. The molecule has 1 atom stereocenters. The highest BCUT2D eigenvalue weighted by atomic mass is 16.4. The van der Waals surface area contributed by atoms with Gasteiger partial charge >= 0.3 is 5.97 Å². The lowest BCUT2D eigenvalue weighted by molar-refractivity contribution is 0.0697. The smallest absolute Gasteiger partial charge is 0.339 e. The third-order valence-electron chi connectivity index (χ3n) is 4.76. The molecule has 1 aromatic heterocycles. The van der Waals surface area contributed by atoms with Crippen LogP contribution in [0.2, 0.25) is 0 Å². The highest BCUT2D eigenvalue weighted by Crippen LogP contribution is 2.51. The maximum atomic E-state index is 11.4. The molecule has 3 rings (SSSR count). The van der Waals surface area contributed by atoms with E-state index in [1.807, 2.05) is 6.07 Å². The number of nitrogens with zero attached hydrogens (tertiary/aromatic N) is 1. The SMILES string of the molecule is CC1(C)CC1CNc1nc2c(cc1C(=O)O)CCCC2. The Kier molecular flexibility index (Phi) is 3.19. The van der Waals surface area contributed by atoms with Crippen LogP contribution in [0.5, 0.6) is 0 Å². The van der Waals surface area contributed by atoms with E-state index in [1.54, 1.807) is 0 Å². The fourth-order valence-corrected chi connectivity index (χ4v) is 3.08. The molecule has 1 aromatic rings. The molecule has 1 heterocycles. The number of aromatic carboxylic acids is 1. The third-order valence-corrected chi connectivity index (χ3v) is 4.76. The zero-order valence-corrected chi connectivity index (χ0v) is 12.2. The van der Waals surface area contributed by atoms with Gasteiger partial charge in [-0.05, 0) is 55.1 Å². The zero-order chi connectivity index (χ0) is 14.3. The molecule has 1 fully saturated rings. The van der Waals surface area contributed by atoms with Crippen LogP contribution in [0.3, 0.4) is 0 Å². The van der Waals surface area contributed by atoms with Crippen molar-refractivity contribution in [3.8, 4) is 0 Å². The Bertz CT molecular complexity index is 552. The summed E-state index contributed by atoms with van der Waals surface area (Å²) in [5, 5.41) is 12.6. The van der Waals surface area contributed by atoms with Gasteiger partial charge in [0.05, 0.1) is 0 Å². The van der Waals surface area contributed by atoms with E-state index in [0.29, 0.717) is 22.7 Å². The van der Waals surface area contributed by atoms with E-state index in [1.165, 1.54) is 6.42 Å². The van der Waals surface area contributed by atoms with E-state index in [2.05, 4.69) is 24.1 Å². The van der Waals surface area contributed by atoms with Crippen molar-refractivity contribution in [2.24, 2.45) is 11.3 Å². The number of pyridine rings is 1. The van der Waals surface area contributed by atoms with E-state index in [-0.39, 0.29) is 0 Å². The lowest BCUT2D eigenvalue weighted by atomic mass is 9.94. The van der Waals surface area contributed by atoms with Gasteiger partial charge in [-0.3, -0.25) is 0 Å². The number of hydrogen-bond donors (Lipinski definition) is 2. The highest BCUT2D eigenvalue weighted by Gasteiger charge is 2.45. The van der Waals surface area contributed by atoms with Crippen molar-refractivity contribution >= 4 is 11.8 Å². The number of carboxylic acid groups (broad SMARTS) is 1. The van der Waals surface area contributed by atoms with E-state index in [9.17, 15) is 9.90 Å². The Hall–Kier alpha value is -1.58. The predicted molar refractivity (Wildman–Crippen MR) is 78.2 cm³/mol. The van der Waals surface area contributed by atoms with E-state index in [4.69, 9.17) is 0 Å². The number of anilines is 1. The zero-order valence-electron chi connectivity index (χ0n) is 12.2. The first-order valence-corrected chi connectivity index (χ1v) is 7.47. The van der Waals surface area contributed by atoms with Gasteiger partial charge in [0, 0.05) is 12.2 Å². The second kappa shape index (κ2) is 4.76. The Morgan fingerprint density at radius 1 is 1.45 bits per heavy atom. The normalized spacial score (nSPS) is 23.0. The molecule has 2 N–H and O–H groups in total. The molecule has 0 spiro atoms. The summed E-state index contributed by atoms with van der Waals surface area (Å²) in [5.74, 6) is 0.297. The molecule has 1 unspecified atom stereocenters. The molecule has 2 aliphatic rings. The van der Waals surface area contributed by atoms with Crippen molar-refractivity contribution in [2.45, 2.75) is 46.0 Å². The van der Waals surface area contributed by atoms with Crippen molar-refractivity contribution in [3.05, 3.63) is 22.9 Å². The minimum atomic E-state index is -0.886. The number of aromatic nitrogens is 1.